The quantitative estimate of drug-likeness (QED) is 0.519. The van der Waals surface area contributed by atoms with E-state index in [0.29, 0.717) is 25.6 Å². The second-order valence-electron chi connectivity index (χ2n) is 5.86. The molecule has 7 nitrogen and oxygen atoms in total. The molecule has 0 aliphatic carbocycles. The van der Waals surface area contributed by atoms with Crippen molar-refractivity contribution in [2.75, 3.05) is 18.4 Å². The molecule has 0 unspecified atom stereocenters. The maximum Gasteiger partial charge on any atom is 0.315 e. The molecule has 0 aliphatic heterocycles. The minimum Gasteiger partial charge on any atom is -0.358 e. The van der Waals surface area contributed by atoms with E-state index in [0.717, 1.165) is 11.1 Å². The van der Waals surface area contributed by atoms with Crippen LogP contribution in [-0.2, 0) is 6.54 Å². The van der Waals surface area contributed by atoms with Crippen LogP contribution in [0.2, 0.25) is 0 Å². The Morgan fingerprint density at radius 2 is 1.92 bits per heavy atom. The van der Waals surface area contributed by atoms with Gasteiger partial charge in [0.05, 0.1) is 0 Å². The minimum atomic E-state index is -0.196. The number of nitrogens with one attached hydrogen (secondary N) is 4. The lowest BCUT2D eigenvalue weighted by Gasteiger charge is -2.09. The average Bonchev–Trinajstić information content (AvgIpc) is 2.92. The molecule has 2 amide bonds. The molecule has 4 N–H and O–H groups in total. The fraction of sp³-hybridized carbons (Fsp3) is 0.278. The zero-order valence-corrected chi connectivity index (χ0v) is 14.4. The van der Waals surface area contributed by atoms with E-state index in [9.17, 15) is 4.79 Å². The zero-order chi connectivity index (χ0) is 17.6. The van der Waals surface area contributed by atoms with E-state index >= 15 is 0 Å². The van der Waals surface area contributed by atoms with E-state index in [1.54, 1.807) is 18.5 Å². The van der Waals surface area contributed by atoms with Gasteiger partial charge in [0.1, 0.15) is 0 Å². The predicted molar refractivity (Wildman–Crippen MR) is 98.5 cm³/mol. The molecular weight excluding hydrogens is 316 g/mol. The summed E-state index contributed by atoms with van der Waals surface area (Å²) < 4.78 is 0. The van der Waals surface area contributed by atoms with Gasteiger partial charge in [-0.2, -0.15) is 0 Å². The van der Waals surface area contributed by atoms with Crippen molar-refractivity contribution in [2.45, 2.75) is 20.4 Å². The topological polar surface area (TPSA) is 94.7 Å². The lowest BCUT2D eigenvalue weighted by Crippen LogP contribution is -2.37. The molecule has 0 bridgehead atoms. The number of urea groups is 1. The number of benzene rings is 1. The Labute approximate surface area is 146 Å². The summed E-state index contributed by atoms with van der Waals surface area (Å²) in [6, 6.07) is 7.74. The third-order valence-electron chi connectivity index (χ3n) is 4.09. The fourth-order valence-corrected chi connectivity index (χ4v) is 2.60. The number of aromatic amines is 1. The van der Waals surface area contributed by atoms with Gasteiger partial charge in [-0.3, -0.25) is 0 Å². The number of hydrogen-bond donors (Lipinski definition) is 4. The van der Waals surface area contributed by atoms with Gasteiger partial charge in [-0.1, -0.05) is 6.07 Å². The Morgan fingerprint density at radius 3 is 2.72 bits per heavy atom. The first kappa shape index (κ1) is 16.8. The summed E-state index contributed by atoms with van der Waals surface area (Å²) >= 11 is 0. The molecule has 0 aliphatic rings. The van der Waals surface area contributed by atoms with Gasteiger partial charge in [0, 0.05) is 48.6 Å². The smallest absolute Gasteiger partial charge is 0.315 e. The van der Waals surface area contributed by atoms with E-state index in [-0.39, 0.29) is 6.03 Å². The summed E-state index contributed by atoms with van der Waals surface area (Å²) in [5.74, 6) is 0.551. The van der Waals surface area contributed by atoms with Gasteiger partial charge in [0.15, 0.2) is 0 Å². The summed E-state index contributed by atoms with van der Waals surface area (Å²) in [7, 11) is 0. The Kier molecular flexibility index (Phi) is 5.13. The number of hydrogen-bond acceptors (Lipinski definition) is 4. The normalized spacial score (nSPS) is 10.6. The molecule has 7 heteroatoms. The number of aryl methyl sites for hydroxylation is 2. The van der Waals surface area contributed by atoms with Crippen molar-refractivity contribution >= 4 is 22.9 Å². The van der Waals surface area contributed by atoms with Gasteiger partial charge in [0.2, 0.25) is 5.95 Å². The Bertz CT molecular complexity index is 859. The van der Waals surface area contributed by atoms with Crippen molar-refractivity contribution in [3.8, 4) is 0 Å². The van der Waals surface area contributed by atoms with Crippen molar-refractivity contribution in [2.24, 2.45) is 0 Å². The van der Waals surface area contributed by atoms with Crippen molar-refractivity contribution in [3.05, 3.63) is 53.5 Å². The summed E-state index contributed by atoms with van der Waals surface area (Å²) in [6.45, 7) is 5.70. The second kappa shape index (κ2) is 7.65. The van der Waals surface area contributed by atoms with Gasteiger partial charge in [-0.25, -0.2) is 14.8 Å². The van der Waals surface area contributed by atoms with E-state index in [2.05, 4.69) is 50.8 Å². The van der Waals surface area contributed by atoms with Crippen LogP contribution in [0, 0.1) is 13.8 Å². The SMILES string of the molecule is Cc1[nH]c2ccc(CNC(=O)NCCNc3ncccn3)cc2c1C. The highest BCUT2D eigenvalue weighted by molar-refractivity contribution is 5.85. The summed E-state index contributed by atoms with van der Waals surface area (Å²) in [6.07, 6.45) is 3.33. The highest BCUT2D eigenvalue weighted by atomic mass is 16.2. The highest BCUT2D eigenvalue weighted by Gasteiger charge is 2.06. The van der Waals surface area contributed by atoms with Crippen LogP contribution < -0.4 is 16.0 Å². The van der Waals surface area contributed by atoms with Crippen LogP contribution in [0.1, 0.15) is 16.8 Å². The Hall–Kier alpha value is -3.09. The number of amides is 2. The zero-order valence-electron chi connectivity index (χ0n) is 14.4. The van der Waals surface area contributed by atoms with E-state index in [4.69, 9.17) is 0 Å². The molecule has 0 atom stereocenters. The number of H-pyrrole nitrogens is 1. The maximum atomic E-state index is 11.9. The highest BCUT2D eigenvalue weighted by Crippen LogP contribution is 2.22. The van der Waals surface area contributed by atoms with Crippen LogP contribution in [-0.4, -0.2) is 34.1 Å². The van der Waals surface area contributed by atoms with E-state index in [1.807, 2.05) is 12.1 Å². The number of nitrogens with zero attached hydrogens (tertiary/aromatic N) is 2. The molecule has 0 radical (unpaired) electrons. The summed E-state index contributed by atoms with van der Waals surface area (Å²) in [5, 5.41) is 9.90. The average molecular weight is 338 g/mol. The predicted octanol–water partition coefficient (Wildman–Crippen LogP) is 2.49. The van der Waals surface area contributed by atoms with Crippen LogP contribution in [0.5, 0.6) is 0 Å². The van der Waals surface area contributed by atoms with Gasteiger partial charge < -0.3 is 20.9 Å². The number of fused-ring (bicyclic) bond motifs is 1. The number of rotatable bonds is 6. The molecular formula is C18H22N6O. The molecule has 3 aromatic rings. The molecule has 3 rings (SSSR count). The first-order valence-corrected chi connectivity index (χ1v) is 8.24. The van der Waals surface area contributed by atoms with Crippen LogP contribution in [0.4, 0.5) is 10.7 Å². The molecule has 0 saturated carbocycles. The second-order valence-corrected chi connectivity index (χ2v) is 5.86. The lowest BCUT2D eigenvalue weighted by molar-refractivity contribution is 0.241. The molecule has 2 heterocycles. The van der Waals surface area contributed by atoms with Gasteiger partial charge in [-0.05, 0) is 43.2 Å². The van der Waals surface area contributed by atoms with Crippen LogP contribution >= 0.6 is 0 Å². The summed E-state index contributed by atoms with van der Waals surface area (Å²) in [5.41, 5.74) is 4.61. The number of anilines is 1. The minimum absolute atomic E-state index is 0.196. The monoisotopic (exact) mass is 338 g/mol. The van der Waals surface area contributed by atoms with Crippen molar-refractivity contribution < 1.29 is 4.79 Å². The van der Waals surface area contributed by atoms with Crippen LogP contribution in [0.25, 0.3) is 10.9 Å². The Morgan fingerprint density at radius 1 is 1.12 bits per heavy atom. The van der Waals surface area contributed by atoms with Crippen molar-refractivity contribution in [3.63, 3.8) is 0 Å². The summed E-state index contributed by atoms with van der Waals surface area (Å²) in [4.78, 5) is 23.3. The molecule has 0 fully saturated rings. The lowest BCUT2D eigenvalue weighted by atomic mass is 10.1. The molecule has 2 aromatic heterocycles. The van der Waals surface area contributed by atoms with Crippen LogP contribution in [0.15, 0.2) is 36.7 Å². The first-order chi connectivity index (χ1) is 12.1. The largest absolute Gasteiger partial charge is 0.358 e. The number of carbonyl (C=O) groups is 1. The van der Waals surface area contributed by atoms with Crippen LogP contribution in [0.3, 0.4) is 0 Å². The maximum absolute atomic E-state index is 11.9. The molecule has 1 aromatic carbocycles. The molecule has 25 heavy (non-hydrogen) atoms. The van der Waals surface area contributed by atoms with E-state index in [1.165, 1.54) is 16.6 Å². The van der Waals surface area contributed by atoms with E-state index < -0.39 is 0 Å². The standard InChI is InChI=1S/C18H22N6O/c1-12-13(2)24-16-5-4-14(10-15(12)16)11-23-18(25)22-9-8-21-17-19-6-3-7-20-17/h3-7,10,24H,8-9,11H2,1-2H3,(H,19,20,21)(H2,22,23,25). The third-order valence-corrected chi connectivity index (χ3v) is 4.09. The van der Waals surface area contributed by atoms with Crippen molar-refractivity contribution in [1.82, 2.24) is 25.6 Å². The molecule has 0 saturated heterocycles. The van der Waals surface area contributed by atoms with Gasteiger partial charge >= 0.3 is 6.03 Å². The van der Waals surface area contributed by atoms with Gasteiger partial charge in [0.25, 0.3) is 0 Å². The number of aromatic nitrogens is 3. The van der Waals surface area contributed by atoms with Gasteiger partial charge in [-0.15, -0.1) is 0 Å². The number of carbonyl (C=O) groups excluding carboxylic acids is 1. The van der Waals surface area contributed by atoms with Crippen molar-refractivity contribution in [1.29, 1.82) is 0 Å². The fourth-order valence-electron chi connectivity index (χ4n) is 2.60. The molecule has 0 spiro atoms. The molecule has 130 valence electrons. The first-order valence-electron chi connectivity index (χ1n) is 8.24. The Balaban J connectivity index is 1.43. The third kappa shape index (κ3) is 4.26.